The number of hydrogen-bond donors (Lipinski definition) is 1. The molecule has 1 N–H and O–H groups in total. The molecule has 0 aromatic carbocycles. The van der Waals surface area contributed by atoms with E-state index in [2.05, 4.69) is 18.7 Å². The van der Waals surface area contributed by atoms with E-state index < -0.39 is 5.97 Å². The molecule has 2 bridgehead atoms. The summed E-state index contributed by atoms with van der Waals surface area (Å²) in [7, 11) is 0. The third kappa shape index (κ3) is 1.34. The minimum absolute atomic E-state index is 0.0947. The first-order valence-electron chi connectivity index (χ1n) is 5.65. The molecular formula is C11H19NO2. The van der Waals surface area contributed by atoms with E-state index in [1.807, 2.05) is 0 Å². The van der Waals surface area contributed by atoms with Gasteiger partial charge < -0.3 is 5.11 Å². The van der Waals surface area contributed by atoms with Gasteiger partial charge in [0.1, 0.15) is 0 Å². The molecule has 0 spiro atoms. The summed E-state index contributed by atoms with van der Waals surface area (Å²) in [5.41, 5.74) is 0. The van der Waals surface area contributed by atoms with Crippen molar-refractivity contribution in [3.63, 3.8) is 0 Å². The van der Waals surface area contributed by atoms with E-state index in [9.17, 15) is 4.79 Å². The van der Waals surface area contributed by atoms with Crippen LogP contribution in [-0.2, 0) is 4.79 Å². The van der Waals surface area contributed by atoms with Gasteiger partial charge >= 0.3 is 5.97 Å². The molecular weight excluding hydrogens is 178 g/mol. The maximum absolute atomic E-state index is 11.0. The van der Waals surface area contributed by atoms with Crippen molar-refractivity contribution in [2.45, 2.75) is 57.7 Å². The monoisotopic (exact) mass is 197 g/mol. The fourth-order valence-electron chi connectivity index (χ4n) is 3.19. The van der Waals surface area contributed by atoms with Crippen molar-refractivity contribution in [3.8, 4) is 0 Å². The molecule has 80 valence electrons. The standard InChI is InChI=1S/C11H19NO2/c1-3-7(2)12-8-4-5-10(12)9(6-8)11(13)14/h7-10H,3-6H2,1-2H3,(H,13,14). The van der Waals surface area contributed by atoms with Crippen molar-refractivity contribution in [1.29, 1.82) is 0 Å². The second-order valence-electron chi connectivity index (χ2n) is 4.68. The number of carbonyl (C=O) groups is 1. The van der Waals surface area contributed by atoms with Gasteiger partial charge in [0.05, 0.1) is 5.92 Å². The molecule has 3 nitrogen and oxygen atoms in total. The molecule has 14 heavy (non-hydrogen) atoms. The Morgan fingerprint density at radius 3 is 2.79 bits per heavy atom. The zero-order valence-electron chi connectivity index (χ0n) is 8.94. The van der Waals surface area contributed by atoms with Crippen molar-refractivity contribution in [3.05, 3.63) is 0 Å². The smallest absolute Gasteiger partial charge is 0.308 e. The summed E-state index contributed by atoms with van der Waals surface area (Å²) in [5.74, 6) is -0.687. The SMILES string of the molecule is CCC(C)N1C2CCC1C(C(=O)O)C2. The van der Waals surface area contributed by atoms with E-state index >= 15 is 0 Å². The maximum atomic E-state index is 11.0. The second kappa shape index (κ2) is 3.54. The molecule has 2 fully saturated rings. The summed E-state index contributed by atoms with van der Waals surface area (Å²) in [6, 6.07) is 1.43. The van der Waals surface area contributed by atoms with Gasteiger partial charge in [-0.2, -0.15) is 0 Å². The van der Waals surface area contributed by atoms with Crippen LogP contribution >= 0.6 is 0 Å². The number of hydrogen-bond acceptors (Lipinski definition) is 2. The van der Waals surface area contributed by atoms with E-state index in [0.717, 1.165) is 19.3 Å². The zero-order valence-corrected chi connectivity index (χ0v) is 8.94. The fourth-order valence-corrected chi connectivity index (χ4v) is 3.19. The minimum atomic E-state index is -0.592. The maximum Gasteiger partial charge on any atom is 0.308 e. The van der Waals surface area contributed by atoms with Crippen LogP contribution in [0.3, 0.4) is 0 Å². The quantitative estimate of drug-likeness (QED) is 0.749. The van der Waals surface area contributed by atoms with Crippen molar-refractivity contribution >= 4 is 5.97 Å². The van der Waals surface area contributed by atoms with Crippen LogP contribution < -0.4 is 0 Å². The van der Waals surface area contributed by atoms with Crippen LogP contribution in [0, 0.1) is 5.92 Å². The summed E-state index contributed by atoms with van der Waals surface area (Å²) in [6.45, 7) is 4.40. The first-order valence-corrected chi connectivity index (χ1v) is 5.65. The number of carboxylic acid groups (broad SMARTS) is 1. The Morgan fingerprint density at radius 2 is 2.29 bits per heavy atom. The van der Waals surface area contributed by atoms with E-state index in [-0.39, 0.29) is 5.92 Å². The largest absolute Gasteiger partial charge is 0.481 e. The molecule has 4 atom stereocenters. The van der Waals surface area contributed by atoms with E-state index in [1.54, 1.807) is 0 Å². The van der Waals surface area contributed by atoms with Crippen LogP contribution in [-0.4, -0.2) is 34.1 Å². The molecule has 4 unspecified atom stereocenters. The summed E-state index contributed by atoms with van der Waals surface area (Å²) in [5, 5.41) is 9.08. The van der Waals surface area contributed by atoms with Gasteiger partial charge in [-0.1, -0.05) is 6.92 Å². The van der Waals surface area contributed by atoms with E-state index in [0.29, 0.717) is 18.1 Å². The summed E-state index contributed by atoms with van der Waals surface area (Å²) >= 11 is 0. The van der Waals surface area contributed by atoms with Crippen molar-refractivity contribution in [1.82, 2.24) is 4.90 Å². The molecule has 2 aliphatic rings. The van der Waals surface area contributed by atoms with Gasteiger partial charge in [-0.05, 0) is 32.6 Å². The fraction of sp³-hybridized carbons (Fsp3) is 0.909. The minimum Gasteiger partial charge on any atom is -0.481 e. The average molecular weight is 197 g/mol. The predicted octanol–water partition coefficient (Wildman–Crippen LogP) is 1.72. The lowest BCUT2D eigenvalue weighted by Gasteiger charge is -2.28. The van der Waals surface area contributed by atoms with Crippen LogP contribution in [0.2, 0.25) is 0 Å². The Bertz CT molecular complexity index is 241. The topological polar surface area (TPSA) is 40.5 Å². The molecule has 0 aliphatic carbocycles. The van der Waals surface area contributed by atoms with E-state index in [1.165, 1.54) is 6.42 Å². The molecule has 0 aromatic heterocycles. The Balaban J connectivity index is 2.12. The Labute approximate surface area is 85.1 Å². The molecule has 0 radical (unpaired) electrons. The highest BCUT2D eigenvalue weighted by molar-refractivity contribution is 5.71. The first kappa shape index (κ1) is 9.97. The highest BCUT2D eigenvalue weighted by Crippen LogP contribution is 2.43. The van der Waals surface area contributed by atoms with Gasteiger partial charge in [-0.25, -0.2) is 0 Å². The van der Waals surface area contributed by atoms with Crippen LogP contribution in [0.4, 0.5) is 0 Å². The summed E-state index contributed by atoms with van der Waals surface area (Å²) in [6.07, 6.45) is 4.30. The van der Waals surface area contributed by atoms with Crippen molar-refractivity contribution < 1.29 is 9.90 Å². The highest BCUT2D eigenvalue weighted by Gasteiger charge is 2.50. The van der Waals surface area contributed by atoms with Gasteiger partial charge in [0.25, 0.3) is 0 Å². The second-order valence-corrected chi connectivity index (χ2v) is 4.68. The van der Waals surface area contributed by atoms with Gasteiger partial charge in [0, 0.05) is 18.1 Å². The lowest BCUT2D eigenvalue weighted by molar-refractivity contribution is -0.142. The summed E-state index contributed by atoms with van der Waals surface area (Å²) < 4.78 is 0. The van der Waals surface area contributed by atoms with Gasteiger partial charge in [-0.15, -0.1) is 0 Å². The third-order valence-corrected chi connectivity index (χ3v) is 4.01. The number of carboxylic acids is 1. The third-order valence-electron chi connectivity index (χ3n) is 4.01. The van der Waals surface area contributed by atoms with Crippen LogP contribution in [0.25, 0.3) is 0 Å². The molecule has 2 aliphatic heterocycles. The van der Waals surface area contributed by atoms with Gasteiger partial charge in [-0.3, -0.25) is 9.69 Å². The Kier molecular flexibility index (Phi) is 2.52. The van der Waals surface area contributed by atoms with Gasteiger partial charge in [0.2, 0.25) is 0 Å². The molecule has 0 saturated carbocycles. The molecule has 2 rings (SSSR count). The number of aliphatic carboxylic acids is 1. The number of nitrogens with zero attached hydrogens (tertiary/aromatic N) is 1. The Morgan fingerprint density at radius 1 is 1.57 bits per heavy atom. The number of rotatable bonds is 3. The van der Waals surface area contributed by atoms with Crippen LogP contribution in [0.5, 0.6) is 0 Å². The molecule has 3 heteroatoms. The van der Waals surface area contributed by atoms with Crippen LogP contribution in [0.1, 0.15) is 39.5 Å². The first-order chi connectivity index (χ1) is 6.65. The van der Waals surface area contributed by atoms with Crippen molar-refractivity contribution in [2.75, 3.05) is 0 Å². The molecule has 0 aromatic rings. The van der Waals surface area contributed by atoms with E-state index in [4.69, 9.17) is 5.11 Å². The highest BCUT2D eigenvalue weighted by atomic mass is 16.4. The molecule has 2 heterocycles. The molecule has 0 amide bonds. The number of fused-ring (bicyclic) bond motifs is 2. The Hall–Kier alpha value is -0.570. The predicted molar refractivity (Wildman–Crippen MR) is 54.1 cm³/mol. The normalized spacial score (nSPS) is 38.9. The van der Waals surface area contributed by atoms with Crippen molar-refractivity contribution in [2.24, 2.45) is 5.92 Å². The van der Waals surface area contributed by atoms with Crippen LogP contribution in [0.15, 0.2) is 0 Å². The summed E-state index contributed by atoms with van der Waals surface area (Å²) in [4.78, 5) is 13.5. The lowest BCUT2D eigenvalue weighted by Crippen LogP contribution is -2.39. The zero-order chi connectivity index (χ0) is 10.3. The average Bonchev–Trinajstić information content (AvgIpc) is 2.73. The van der Waals surface area contributed by atoms with Gasteiger partial charge in [0.15, 0.2) is 0 Å². The molecule has 2 saturated heterocycles. The lowest BCUT2D eigenvalue weighted by atomic mass is 9.89.